The van der Waals surface area contributed by atoms with E-state index in [0.29, 0.717) is 12.6 Å². The number of halogens is 1. The highest BCUT2D eigenvalue weighted by Gasteiger charge is 2.39. The standard InChI is InChI=1S/C16H18FN3O3/c1-9(21)18-14-5-2-10(6-13(14)17)16(23)19-11-7-15(22)20(8-11)12-3-4-12/h2,5-6,11-12H,3-4,7-8H2,1H3,(H,18,21)(H,19,23). The van der Waals surface area contributed by atoms with E-state index < -0.39 is 11.7 Å². The molecule has 1 aliphatic carbocycles. The van der Waals surface area contributed by atoms with Gasteiger partial charge in [-0.25, -0.2) is 4.39 Å². The van der Waals surface area contributed by atoms with Crippen LogP contribution in [0.2, 0.25) is 0 Å². The maximum Gasteiger partial charge on any atom is 0.251 e. The largest absolute Gasteiger partial charge is 0.347 e. The Balaban J connectivity index is 1.63. The SMILES string of the molecule is CC(=O)Nc1ccc(C(=O)NC2CC(=O)N(C3CC3)C2)cc1F. The number of nitrogens with zero attached hydrogens (tertiary/aromatic N) is 1. The van der Waals surface area contributed by atoms with Crippen LogP contribution in [-0.4, -0.2) is 41.2 Å². The van der Waals surface area contributed by atoms with Crippen molar-refractivity contribution in [2.75, 3.05) is 11.9 Å². The highest BCUT2D eigenvalue weighted by Crippen LogP contribution is 2.30. The van der Waals surface area contributed by atoms with Crippen molar-refractivity contribution in [1.29, 1.82) is 0 Å². The van der Waals surface area contributed by atoms with E-state index in [9.17, 15) is 18.8 Å². The van der Waals surface area contributed by atoms with Crippen LogP contribution in [0, 0.1) is 5.82 Å². The van der Waals surface area contributed by atoms with Crippen LogP contribution in [0.5, 0.6) is 0 Å². The van der Waals surface area contributed by atoms with E-state index >= 15 is 0 Å². The van der Waals surface area contributed by atoms with Gasteiger partial charge in [0.25, 0.3) is 5.91 Å². The van der Waals surface area contributed by atoms with Gasteiger partial charge in [0, 0.05) is 31.5 Å². The Hall–Kier alpha value is -2.44. The van der Waals surface area contributed by atoms with Crippen LogP contribution < -0.4 is 10.6 Å². The lowest BCUT2D eigenvalue weighted by molar-refractivity contribution is -0.128. The minimum Gasteiger partial charge on any atom is -0.347 e. The molecule has 2 N–H and O–H groups in total. The maximum absolute atomic E-state index is 13.9. The molecule has 1 heterocycles. The van der Waals surface area contributed by atoms with Gasteiger partial charge in [0.2, 0.25) is 11.8 Å². The number of rotatable bonds is 4. The number of hydrogen-bond acceptors (Lipinski definition) is 3. The third-order valence-corrected chi connectivity index (χ3v) is 4.02. The molecule has 6 nitrogen and oxygen atoms in total. The molecule has 0 bridgehead atoms. The van der Waals surface area contributed by atoms with Gasteiger partial charge in [0.15, 0.2) is 0 Å². The Morgan fingerprint density at radius 3 is 2.65 bits per heavy atom. The van der Waals surface area contributed by atoms with Gasteiger partial charge in [-0.15, -0.1) is 0 Å². The minimum absolute atomic E-state index is 0.0324. The zero-order chi connectivity index (χ0) is 16.6. The van der Waals surface area contributed by atoms with E-state index in [1.54, 1.807) is 0 Å². The number of carbonyl (C=O) groups is 3. The molecule has 0 aromatic heterocycles. The molecule has 122 valence electrons. The van der Waals surface area contributed by atoms with Gasteiger partial charge < -0.3 is 15.5 Å². The predicted octanol–water partition coefficient (Wildman–Crippen LogP) is 1.28. The van der Waals surface area contributed by atoms with Gasteiger partial charge in [-0.05, 0) is 31.0 Å². The Morgan fingerprint density at radius 1 is 1.30 bits per heavy atom. The lowest BCUT2D eigenvalue weighted by atomic mass is 10.1. The van der Waals surface area contributed by atoms with E-state index in [0.717, 1.165) is 18.9 Å². The molecular weight excluding hydrogens is 301 g/mol. The lowest BCUT2D eigenvalue weighted by Crippen LogP contribution is -2.37. The summed E-state index contributed by atoms with van der Waals surface area (Å²) in [4.78, 5) is 36.8. The third kappa shape index (κ3) is 3.49. The maximum atomic E-state index is 13.9. The molecule has 3 rings (SSSR count). The fraction of sp³-hybridized carbons (Fsp3) is 0.438. The van der Waals surface area contributed by atoms with Gasteiger partial charge >= 0.3 is 0 Å². The molecule has 0 radical (unpaired) electrons. The van der Waals surface area contributed by atoms with Crippen molar-refractivity contribution in [3.8, 4) is 0 Å². The number of amides is 3. The molecule has 1 aromatic carbocycles. The van der Waals surface area contributed by atoms with Crippen molar-refractivity contribution in [3.05, 3.63) is 29.6 Å². The lowest BCUT2D eigenvalue weighted by Gasteiger charge is -2.16. The van der Waals surface area contributed by atoms with Crippen molar-refractivity contribution in [2.45, 2.75) is 38.3 Å². The molecular formula is C16H18FN3O3. The first kappa shape index (κ1) is 15.5. The second-order valence-corrected chi connectivity index (χ2v) is 6.03. The second-order valence-electron chi connectivity index (χ2n) is 6.03. The van der Waals surface area contributed by atoms with Crippen molar-refractivity contribution < 1.29 is 18.8 Å². The van der Waals surface area contributed by atoms with Gasteiger partial charge in [-0.1, -0.05) is 0 Å². The summed E-state index contributed by atoms with van der Waals surface area (Å²) in [5, 5.41) is 5.12. The summed E-state index contributed by atoms with van der Waals surface area (Å²) in [5.41, 5.74) is 0.193. The average Bonchev–Trinajstić information content (AvgIpc) is 3.25. The molecule has 2 aliphatic rings. The number of anilines is 1. The first-order valence-electron chi connectivity index (χ1n) is 7.61. The summed E-state index contributed by atoms with van der Waals surface area (Å²) in [7, 11) is 0. The summed E-state index contributed by atoms with van der Waals surface area (Å²) in [6.07, 6.45) is 2.35. The topological polar surface area (TPSA) is 78.5 Å². The third-order valence-electron chi connectivity index (χ3n) is 4.02. The molecule has 1 saturated carbocycles. The molecule has 1 aromatic rings. The number of likely N-dealkylation sites (tertiary alicyclic amines) is 1. The van der Waals surface area contributed by atoms with Crippen molar-refractivity contribution in [3.63, 3.8) is 0 Å². The summed E-state index contributed by atoms with van der Waals surface area (Å²) >= 11 is 0. The smallest absolute Gasteiger partial charge is 0.251 e. The van der Waals surface area contributed by atoms with Crippen LogP contribution in [-0.2, 0) is 9.59 Å². The molecule has 1 unspecified atom stereocenters. The van der Waals surface area contributed by atoms with Gasteiger partial charge in [-0.2, -0.15) is 0 Å². The Morgan fingerprint density at radius 2 is 2.04 bits per heavy atom. The van der Waals surface area contributed by atoms with Crippen LogP contribution in [0.1, 0.15) is 36.5 Å². The summed E-state index contributed by atoms with van der Waals surface area (Å²) in [6, 6.07) is 3.96. The molecule has 23 heavy (non-hydrogen) atoms. The summed E-state index contributed by atoms with van der Waals surface area (Å²) in [6.45, 7) is 1.80. The highest BCUT2D eigenvalue weighted by molar-refractivity contribution is 5.96. The molecule has 1 saturated heterocycles. The number of carbonyl (C=O) groups excluding carboxylic acids is 3. The van der Waals surface area contributed by atoms with E-state index in [4.69, 9.17) is 0 Å². The van der Waals surface area contributed by atoms with Gasteiger partial charge in [0.05, 0.1) is 11.7 Å². The van der Waals surface area contributed by atoms with Crippen LogP contribution in [0.25, 0.3) is 0 Å². The molecule has 3 amide bonds. The molecule has 0 spiro atoms. The fourth-order valence-electron chi connectivity index (χ4n) is 2.78. The van der Waals surface area contributed by atoms with Crippen LogP contribution in [0.3, 0.4) is 0 Å². The number of hydrogen-bond donors (Lipinski definition) is 2. The van der Waals surface area contributed by atoms with Gasteiger partial charge in [0.1, 0.15) is 5.82 Å². The van der Waals surface area contributed by atoms with Crippen molar-refractivity contribution in [1.82, 2.24) is 10.2 Å². The number of nitrogens with one attached hydrogen (secondary N) is 2. The Bertz CT molecular complexity index is 673. The van der Waals surface area contributed by atoms with E-state index in [1.165, 1.54) is 19.1 Å². The fourth-order valence-corrected chi connectivity index (χ4v) is 2.78. The highest BCUT2D eigenvalue weighted by atomic mass is 19.1. The quantitative estimate of drug-likeness (QED) is 0.877. The van der Waals surface area contributed by atoms with E-state index in [-0.39, 0.29) is 35.5 Å². The molecule has 1 atom stereocenters. The first-order chi connectivity index (χ1) is 10.9. The zero-order valence-corrected chi connectivity index (χ0v) is 12.8. The Kier molecular flexibility index (Phi) is 4.02. The predicted molar refractivity (Wildman–Crippen MR) is 81.3 cm³/mol. The first-order valence-corrected chi connectivity index (χ1v) is 7.61. The monoisotopic (exact) mass is 319 g/mol. The second kappa shape index (κ2) is 5.98. The normalized spacial score (nSPS) is 20.5. The number of benzene rings is 1. The van der Waals surface area contributed by atoms with E-state index in [2.05, 4.69) is 10.6 Å². The van der Waals surface area contributed by atoms with Crippen LogP contribution in [0.15, 0.2) is 18.2 Å². The average molecular weight is 319 g/mol. The molecule has 2 fully saturated rings. The Labute approximate surface area is 133 Å². The molecule has 7 heteroatoms. The van der Waals surface area contributed by atoms with Crippen LogP contribution in [0.4, 0.5) is 10.1 Å². The van der Waals surface area contributed by atoms with Crippen molar-refractivity contribution >= 4 is 23.4 Å². The van der Waals surface area contributed by atoms with Crippen LogP contribution >= 0.6 is 0 Å². The van der Waals surface area contributed by atoms with Gasteiger partial charge in [-0.3, -0.25) is 14.4 Å². The zero-order valence-electron chi connectivity index (χ0n) is 12.8. The minimum atomic E-state index is -0.671. The van der Waals surface area contributed by atoms with E-state index in [1.807, 2.05) is 4.90 Å². The molecule has 1 aliphatic heterocycles. The van der Waals surface area contributed by atoms with Crippen molar-refractivity contribution in [2.24, 2.45) is 0 Å². The summed E-state index contributed by atoms with van der Waals surface area (Å²) in [5.74, 6) is -1.42. The summed E-state index contributed by atoms with van der Waals surface area (Å²) < 4.78 is 13.9.